The van der Waals surface area contributed by atoms with Crippen LogP contribution in [0.25, 0.3) is 10.6 Å². The summed E-state index contributed by atoms with van der Waals surface area (Å²) in [5.41, 5.74) is 0.383. The first-order valence-electron chi connectivity index (χ1n) is 4.72. The summed E-state index contributed by atoms with van der Waals surface area (Å²) < 4.78 is 30.9. The lowest BCUT2D eigenvalue weighted by atomic mass is 10.2. The van der Waals surface area contributed by atoms with Crippen LogP contribution in [0.15, 0.2) is 22.8 Å². The first-order chi connectivity index (χ1) is 8.54. The van der Waals surface area contributed by atoms with Crippen LogP contribution in [0.5, 0.6) is 0 Å². The Morgan fingerprint density at radius 3 is 2.83 bits per heavy atom. The van der Waals surface area contributed by atoms with Crippen molar-refractivity contribution in [3.05, 3.63) is 39.3 Å². The summed E-state index contributed by atoms with van der Waals surface area (Å²) in [6, 6.07) is 2.40. The monoisotopic (exact) mass is 333 g/mol. The molecule has 0 saturated heterocycles. The summed E-state index contributed by atoms with van der Waals surface area (Å²) in [6.07, 6.45) is 1.33. The zero-order chi connectivity index (χ0) is 13.3. The van der Waals surface area contributed by atoms with E-state index in [2.05, 4.69) is 25.7 Å². The minimum Gasteiger partial charge on any atom is -0.465 e. The van der Waals surface area contributed by atoms with E-state index in [0.717, 1.165) is 17.4 Å². The second kappa shape index (κ2) is 5.11. The molecule has 1 aromatic carbocycles. The van der Waals surface area contributed by atoms with Crippen LogP contribution in [-0.2, 0) is 4.74 Å². The first-order valence-corrected chi connectivity index (χ1v) is 6.33. The Kier molecular flexibility index (Phi) is 3.72. The molecule has 0 aliphatic rings. The molecule has 2 rings (SSSR count). The van der Waals surface area contributed by atoms with Gasteiger partial charge in [0.15, 0.2) is 11.6 Å². The fourth-order valence-electron chi connectivity index (χ4n) is 1.28. The number of rotatable bonds is 2. The van der Waals surface area contributed by atoms with Crippen LogP contribution in [0.4, 0.5) is 8.78 Å². The number of aromatic nitrogens is 1. The Morgan fingerprint density at radius 2 is 2.17 bits per heavy atom. The number of benzene rings is 1. The van der Waals surface area contributed by atoms with E-state index in [1.54, 1.807) is 0 Å². The maximum Gasteiger partial charge on any atom is 0.349 e. The molecule has 0 aliphatic carbocycles. The lowest BCUT2D eigenvalue weighted by Gasteiger charge is -2.02. The third kappa shape index (κ3) is 2.28. The minimum absolute atomic E-state index is 0.0201. The quantitative estimate of drug-likeness (QED) is 0.622. The number of methoxy groups -OCH3 is 1. The molecular weight excluding hydrogens is 328 g/mol. The molecule has 0 radical (unpaired) electrons. The summed E-state index contributed by atoms with van der Waals surface area (Å²) in [5, 5.41) is 0.404. The number of nitrogens with zero attached hydrogens (tertiary/aromatic N) is 1. The topological polar surface area (TPSA) is 39.2 Å². The maximum absolute atomic E-state index is 13.4. The Bertz CT molecular complexity index is 615. The average molecular weight is 334 g/mol. The normalized spacial score (nSPS) is 10.4. The van der Waals surface area contributed by atoms with Gasteiger partial charge in [0.2, 0.25) is 0 Å². The van der Waals surface area contributed by atoms with Crippen molar-refractivity contribution < 1.29 is 18.3 Å². The second-order valence-corrected chi connectivity index (χ2v) is 5.07. The van der Waals surface area contributed by atoms with Gasteiger partial charge in [-0.3, -0.25) is 0 Å². The molecule has 1 aromatic heterocycles. The van der Waals surface area contributed by atoms with Crippen molar-refractivity contribution in [1.82, 2.24) is 4.98 Å². The molecule has 0 atom stereocenters. The first kappa shape index (κ1) is 13.1. The van der Waals surface area contributed by atoms with Gasteiger partial charge in [-0.25, -0.2) is 18.6 Å². The third-order valence-electron chi connectivity index (χ3n) is 2.16. The van der Waals surface area contributed by atoms with E-state index in [0.29, 0.717) is 15.4 Å². The van der Waals surface area contributed by atoms with Gasteiger partial charge < -0.3 is 4.74 Å². The Labute approximate surface area is 114 Å². The molecular formula is C11H6BrF2NO2S. The summed E-state index contributed by atoms with van der Waals surface area (Å²) in [5.74, 6) is -2.45. The van der Waals surface area contributed by atoms with Crippen molar-refractivity contribution >= 4 is 33.2 Å². The molecule has 94 valence electrons. The fraction of sp³-hybridized carbons (Fsp3) is 0.0909. The summed E-state index contributed by atoms with van der Waals surface area (Å²) in [4.78, 5) is 15.5. The molecule has 18 heavy (non-hydrogen) atoms. The number of hydrogen-bond donors (Lipinski definition) is 0. The van der Waals surface area contributed by atoms with Crippen LogP contribution in [0.2, 0.25) is 0 Å². The molecule has 2 aromatic rings. The highest BCUT2D eigenvalue weighted by atomic mass is 79.9. The van der Waals surface area contributed by atoms with Crippen LogP contribution < -0.4 is 0 Å². The number of hydrogen-bond acceptors (Lipinski definition) is 4. The van der Waals surface area contributed by atoms with Crippen LogP contribution in [0.3, 0.4) is 0 Å². The standard InChI is InChI=1S/C11H6BrF2NO2S/c1-17-11(16)7-4-15-10(18-7)5-2-3-6(13)9(14)8(5)12/h2-4H,1H3. The number of thiazole rings is 1. The molecule has 7 heteroatoms. The van der Waals surface area contributed by atoms with E-state index in [4.69, 9.17) is 0 Å². The number of halogens is 3. The van der Waals surface area contributed by atoms with E-state index in [-0.39, 0.29) is 4.47 Å². The Morgan fingerprint density at radius 1 is 1.44 bits per heavy atom. The largest absolute Gasteiger partial charge is 0.465 e. The van der Waals surface area contributed by atoms with Crippen LogP contribution in [0, 0.1) is 11.6 Å². The summed E-state index contributed by atoms with van der Waals surface area (Å²) in [7, 11) is 1.26. The van der Waals surface area contributed by atoms with Gasteiger partial charge in [0.1, 0.15) is 9.88 Å². The smallest absolute Gasteiger partial charge is 0.349 e. The highest BCUT2D eigenvalue weighted by molar-refractivity contribution is 9.10. The minimum atomic E-state index is -0.984. The molecule has 1 heterocycles. The third-order valence-corrected chi connectivity index (χ3v) is 3.94. The second-order valence-electron chi connectivity index (χ2n) is 3.24. The SMILES string of the molecule is COC(=O)c1cnc(-c2ccc(F)c(F)c2Br)s1. The Balaban J connectivity index is 2.47. The molecule has 0 saturated carbocycles. The van der Waals surface area contributed by atoms with Crippen molar-refractivity contribution in [3.63, 3.8) is 0 Å². The van der Waals surface area contributed by atoms with Gasteiger partial charge in [0.05, 0.1) is 17.8 Å². The van der Waals surface area contributed by atoms with Gasteiger partial charge in [0, 0.05) is 5.56 Å². The maximum atomic E-state index is 13.4. The average Bonchev–Trinajstić information content (AvgIpc) is 2.84. The lowest BCUT2D eigenvalue weighted by molar-refractivity contribution is 0.0606. The molecule has 0 aliphatic heterocycles. The van der Waals surface area contributed by atoms with E-state index in [9.17, 15) is 13.6 Å². The van der Waals surface area contributed by atoms with Gasteiger partial charge in [-0.1, -0.05) is 0 Å². The molecule has 0 spiro atoms. The predicted octanol–water partition coefficient (Wildman–Crippen LogP) is 3.64. The van der Waals surface area contributed by atoms with E-state index >= 15 is 0 Å². The number of ether oxygens (including phenoxy) is 1. The van der Waals surface area contributed by atoms with Crippen molar-refractivity contribution in [1.29, 1.82) is 0 Å². The zero-order valence-corrected chi connectivity index (χ0v) is 11.4. The van der Waals surface area contributed by atoms with E-state index < -0.39 is 17.6 Å². The molecule has 0 bridgehead atoms. The van der Waals surface area contributed by atoms with Crippen molar-refractivity contribution in [3.8, 4) is 10.6 Å². The number of carbonyl (C=O) groups excluding carboxylic acids is 1. The highest BCUT2D eigenvalue weighted by Gasteiger charge is 2.17. The van der Waals surface area contributed by atoms with E-state index in [1.165, 1.54) is 19.4 Å². The molecule has 0 amide bonds. The number of esters is 1. The molecule has 0 fully saturated rings. The number of carbonyl (C=O) groups is 1. The van der Waals surface area contributed by atoms with Crippen molar-refractivity contribution in [2.45, 2.75) is 0 Å². The highest BCUT2D eigenvalue weighted by Crippen LogP contribution is 2.34. The molecule has 3 nitrogen and oxygen atoms in total. The Hall–Kier alpha value is -1.34. The van der Waals surface area contributed by atoms with Gasteiger partial charge in [-0.2, -0.15) is 0 Å². The van der Waals surface area contributed by atoms with Gasteiger partial charge in [0.25, 0.3) is 0 Å². The summed E-state index contributed by atoms with van der Waals surface area (Å²) in [6.45, 7) is 0. The van der Waals surface area contributed by atoms with Crippen LogP contribution in [-0.4, -0.2) is 18.1 Å². The van der Waals surface area contributed by atoms with Crippen molar-refractivity contribution in [2.24, 2.45) is 0 Å². The van der Waals surface area contributed by atoms with Crippen LogP contribution in [0.1, 0.15) is 9.67 Å². The van der Waals surface area contributed by atoms with Gasteiger partial charge in [-0.05, 0) is 28.1 Å². The fourth-order valence-corrected chi connectivity index (χ4v) is 2.79. The zero-order valence-electron chi connectivity index (χ0n) is 9.04. The lowest BCUT2D eigenvalue weighted by Crippen LogP contribution is -1.96. The van der Waals surface area contributed by atoms with Gasteiger partial charge >= 0.3 is 5.97 Å². The van der Waals surface area contributed by atoms with Crippen LogP contribution >= 0.6 is 27.3 Å². The summed E-state index contributed by atoms with van der Waals surface area (Å²) >= 11 is 4.01. The van der Waals surface area contributed by atoms with E-state index in [1.807, 2.05) is 0 Å². The van der Waals surface area contributed by atoms with Gasteiger partial charge in [-0.15, -0.1) is 11.3 Å². The van der Waals surface area contributed by atoms with Crippen molar-refractivity contribution in [2.75, 3.05) is 7.11 Å². The predicted molar refractivity (Wildman–Crippen MR) is 66.5 cm³/mol. The molecule has 0 N–H and O–H groups in total. The molecule has 0 unspecified atom stereocenters.